The van der Waals surface area contributed by atoms with Crippen molar-refractivity contribution < 1.29 is 4.79 Å². The maximum atomic E-state index is 10.6. The third kappa shape index (κ3) is 2.02. The normalized spacial score (nSPS) is 9.21. The first kappa shape index (κ1) is 10.1. The highest BCUT2D eigenvalue weighted by Gasteiger charge is 2.03. The first-order valence-electron chi connectivity index (χ1n) is 4.04. The van der Waals surface area contributed by atoms with Crippen LogP contribution in [0.2, 0.25) is 0 Å². The number of anilines is 1. The second-order valence-corrected chi connectivity index (χ2v) is 2.91. The molecule has 0 saturated carbocycles. The SMILES string of the molecule is Cc1c(N)cc(CN=[N+]=[N-])cc1C=O. The van der Waals surface area contributed by atoms with E-state index in [1.807, 2.05) is 0 Å². The highest BCUT2D eigenvalue weighted by atomic mass is 16.1. The molecule has 5 heteroatoms. The summed E-state index contributed by atoms with van der Waals surface area (Å²) in [7, 11) is 0. The highest BCUT2D eigenvalue weighted by Crippen LogP contribution is 2.18. The molecule has 1 aromatic rings. The van der Waals surface area contributed by atoms with Crippen molar-refractivity contribution in [1.29, 1.82) is 0 Å². The molecule has 2 N–H and O–H groups in total. The van der Waals surface area contributed by atoms with Crippen molar-refractivity contribution in [2.75, 3.05) is 5.73 Å². The Hall–Kier alpha value is -2.00. The van der Waals surface area contributed by atoms with Crippen LogP contribution in [0.5, 0.6) is 0 Å². The number of benzene rings is 1. The minimum atomic E-state index is 0.210. The van der Waals surface area contributed by atoms with Crippen LogP contribution in [0.25, 0.3) is 10.4 Å². The lowest BCUT2D eigenvalue weighted by atomic mass is 10.0. The van der Waals surface area contributed by atoms with E-state index in [9.17, 15) is 4.79 Å². The Morgan fingerprint density at radius 3 is 2.93 bits per heavy atom. The molecular weight excluding hydrogens is 180 g/mol. The maximum absolute atomic E-state index is 10.6. The van der Waals surface area contributed by atoms with Crippen molar-refractivity contribution in [3.8, 4) is 0 Å². The topological polar surface area (TPSA) is 91.8 Å². The molecule has 72 valence electrons. The number of aldehydes is 1. The van der Waals surface area contributed by atoms with E-state index in [1.54, 1.807) is 19.1 Å². The Morgan fingerprint density at radius 2 is 2.36 bits per heavy atom. The van der Waals surface area contributed by atoms with Crippen LogP contribution in [0.1, 0.15) is 21.5 Å². The number of azide groups is 1. The third-order valence-electron chi connectivity index (χ3n) is 1.99. The van der Waals surface area contributed by atoms with Gasteiger partial charge in [-0.25, -0.2) is 0 Å². The first-order chi connectivity index (χ1) is 6.69. The summed E-state index contributed by atoms with van der Waals surface area (Å²) in [5.74, 6) is 0. The molecule has 0 aliphatic carbocycles. The van der Waals surface area contributed by atoms with E-state index in [0.29, 0.717) is 11.3 Å². The first-order valence-corrected chi connectivity index (χ1v) is 4.04. The van der Waals surface area contributed by atoms with Gasteiger partial charge in [0.2, 0.25) is 0 Å². The van der Waals surface area contributed by atoms with E-state index in [1.165, 1.54) is 0 Å². The van der Waals surface area contributed by atoms with Crippen LogP contribution >= 0.6 is 0 Å². The van der Waals surface area contributed by atoms with Crippen LogP contribution in [0, 0.1) is 6.92 Å². The third-order valence-corrected chi connectivity index (χ3v) is 1.99. The summed E-state index contributed by atoms with van der Waals surface area (Å²) < 4.78 is 0. The Morgan fingerprint density at radius 1 is 1.64 bits per heavy atom. The summed E-state index contributed by atoms with van der Waals surface area (Å²) in [5, 5.41) is 3.40. The number of hydrogen-bond acceptors (Lipinski definition) is 3. The molecule has 0 fully saturated rings. The van der Waals surface area contributed by atoms with Gasteiger partial charge in [-0.05, 0) is 35.7 Å². The van der Waals surface area contributed by atoms with Crippen molar-refractivity contribution >= 4 is 12.0 Å². The lowest BCUT2D eigenvalue weighted by Crippen LogP contribution is -1.97. The van der Waals surface area contributed by atoms with Crippen LogP contribution in [0.3, 0.4) is 0 Å². The molecule has 0 atom stereocenters. The summed E-state index contributed by atoms with van der Waals surface area (Å²) in [6.45, 7) is 1.98. The van der Waals surface area contributed by atoms with E-state index in [4.69, 9.17) is 11.3 Å². The quantitative estimate of drug-likeness (QED) is 0.260. The van der Waals surface area contributed by atoms with Gasteiger partial charge in [-0.1, -0.05) is 5.11 Å². The summed E-state index contributed by atoms with van der Waals surface area (Å²) in [4.78, 5) is 13.3. The zero-order chi connectivity index (χ0) is 10.6. The predicted octanol–water partition coefficient (Wildman–Crippen LogP) is 2.20. The van der Waals surface area contributed by atoms with E-state index in [2.05, 4.69) is 10.0 Å². The molecular formula is C9H10N4O. The van der Waals surface area contributed by atoms with Crippen molar-refractivity contribution in [2.45, 2.75) is 13.5 Å². The number of nitrogen functional groups attached to an aromatic ring is 1. The Balaban J connectivity index is 3.15. The van der Waals surface area contributed by atoms with Gasteiger partial charge in [-0.15, -0.1) is 0 Å². The van der Waals surface area contributed by atoms with Gasteiger partial charge in [0.05, 0.1) is 6.54 Å². The zero-order valence-electron chi connectivity index (χ0n) is 7.77. The number of nitrogens with two attached hydrogens (primary N) is 1. The number of rotatable bonds is 3. The monoisotopic (exact) mass is 190 g/mol. The van der Waals surface area contributed by atoms with Gasteiger partial charge in [0.25, 0.3) is 0 Å². The molecule has 0 unspecified atom stereocenters. The lowest BCUT2D eigenvalue weighted by Gasteiger charge is -2.05. The van der Waals surface area contributed by atoms with Crippen LogP contribution in [0.15, 0.2) is 17.2 Å². The van der Waals surface area contributed by atoms with Gasteiger partial charge in [0, 0.05) is 16.2 Å². The van der Waals surface area contributed by atoms with Gasteiger partial charge in [-0.2, -0.15) is 0 Å². The number of nitrogens with zero attached hydrogens (tertiary/aromatic N) is 3. The van der Waals surface area contributed by atoms with Crippen molar-refractivity contribution in [3.05, 3.63) is 39.3 Å². The Bertz CT molecular complexity index is 408. The van der Waals surface area contributed by atoms with Gasteiger partial charge >= 0.3 is 0 Å². The smallest absolute Gasteiger partial charge is 0.150 e. The van der Waals surface area contributed by atoms with Crippen molar-refractivity contribution in [3.63, 3.8) is 0 Å². The van der Waals surface area contributed by atoms with Crippen LogP contribution in [0.4, 0.5) is 5.69 Å². The number of carbonyl (C=O) groups excluding carboxylic acids is 1. The van der Waals surface area contributed by atoms with Crippen LogP contribution < -0.4 is 5.73 Å². The molecule has 0 aromatic heterocycles. The molecule has 1 aromatic carbocycles. The Labute approximate surface area is 81.2 Å². The van der Waals surface area contributed by atoms with Gasteiger partial charge in [-0.3, -0.25) is 4.79 Å². The molecule has 0 aliphatic rings. The minimum Gasteiger partial charge on any atom is -0.398 e. The fraction of sp³-hybridized carbons (Fsp3) is 0.222. The molecule has 0 amide bonds. The zero-order valence-corrected chi connectivity index (χ0v) is 7.77. The lowest BCUT2D eigenvalue weighted by molar-refractivity contribution is 0.112. The predicted molar refractivity (Wildman–Crippen MR) is 53.8 cm³/mol. The van der Waals surface area contributed by atoms with Gasteiger partial charge < -0.3 is 5.73 Å². The average Bonchev–Trinajstić information content (AvgIpc) is 2.19. The fourth-order valence-electron chi connectivity index (χ4n) is 1.15. The molecule has 1 rings (SSSR count). The minimum absolute atomic E-state index is 0.210. The molecule has 0 spiro atoms. The molecule has 0 aliphatic heterocycles. The summed E-state index contributed by atoms with van der Waals surface area (Å²) in [6.07, 6.45) is 0.741. The van der Waals surface area contributed by atoms with E-state index in [0.717, 1.165) is 17.4 Å². The van der Waals surface area contributed by atoms with Crippen LogP contribution in [-0.4, -0.2) is 6.29 Å². The maximum Gasteiger partial charge on any atom is 0.150 e. The van der Waals surface area contributed by atoms with E-state index < -0.39 is 0 Å². The van der Waals surface area contributed by atoms with E-state index in [-0.39, 0.29) is 6.54 Å². The molecule has 5 nitrogen and oxygen atoms in total. The number of hydrogen-bond donors (Lipinski definition) is 1. The van der Waals surface area contributed by atoms with E-state index >= 15 is 0 Å². The molecule has 0 saturated heterocycles. The summed E-state index contributed by atoms with van der Waals surface area (Å²) >= 11 is 0. The number of carbonyl (C=O) groups is 1. The second-order valence-electron chi connectivity index (χ2n) is 2.91. The van der Waals surface area contributed by atoms with Crippen LogP contribution in [-0.2, 0) is 6.54 Å². The largest absolute Gasteiger partial charge is 0.398 e. The second kappa shape index (κ2) is 4.30. The Kier molecular flexibility index (Phi) is 3.09. The standard InChI is InChI=1S/C9H10N4O/c1-6-8(5-14)2-7(3-9(6)10)4-12-13-11/h2-3,5H,4,10H2,1H3. The van der Waals surface area contributed by atoms with Crippen molar-refractivity contribution in [1.82, 2.24) is 0 Å². The molecule has 0 radical (unpaired) electrons. The molecule has 14 heavy (non-hydrogen) atoms. The summed E-state index contributed by atoms with van der Waals surface area (Å²) in [5.41, 5.74) is 16.4. The fourth-order valence-corrected chi connectivity index (χ4v) is 1.15. The van der Waals surface area contributed by atoms with Gasteiger partial charge in [0.1, 0.15) is 6.29 Å². The van der Waals surface area contributed by atoms with Crippen molar-refractivity contribution in [2.24, 2.45) is 5.11 Å². The van der Waals surface area contributed by atoms with Gasteiger partial charge in [0.15, 0.2) is 0 Å². The molecule has 0 bridgehead atoms. The summed E-state index contributed by atoms with van der Waals surface area (Å²) in [6, 6.07) is 3.38. The average molecular weight is 190 g/mol. The highest BCUT2D eigenvalue weighted by molar-refractivity contribution is 5.80. The molecule has 0 heterocycles.